The number of aromatic nitrogens is 3. The summed E-state index contributed by atoms with van der Waals surface area (Å²) in [6.45, 7) is 3.80. The van der Waals surface area contributed by atoms with Gasteiger partial charge in [0.25, 0.3) is 5.91 Å². The van der Waals surface area contributed by atoms with Crippen LogP contribution in [0, 0.1) is 6.92 Å². The number of ether oxygens (including phenoxy) is 1. The molecule has 7 heteroatoms. The van der Waals surface area contributed by atoms with E-state index in [1.807, 2.05) is 66.2 Å². The lowest BCUT2D eigenvalue weighted by molar-refractivity contribution is 0.102. The molecule has 0 bridgehead atoms. The smallest absolute Gasteiger partial charge is 0.278 e. The average Bonchev–Trinajstić information content (AvgIpc) is 3.12. The molecule has 0 aliphatic carbocycles. The van der Waals surface area contributed by atoms with Gasteiger partial charge in [0, 0.05) is 0 Å². The number of rotatable bonds is 5. The molecule has 28 heavy (non-hydrogen) atoms. The molecule has 0 unspecified atom stereocenters. The molecule has 1 aliphatic rings. The van der Waals surface area contributed by atoms with Crippen molar-refractivity contribution in [1.82, 2.24) is 20.3 Å². The molecule has 1 saturated heterocycles. The summed E-state index contributed by atoms with van der Waals surface area (Å²) in [6, 6.07) is 17.1. The van der Waals surface area contributed by atoms with Gasteiger partial charge in [-0.1, -0.05) is 35.5 Å². The Morgan fingerprint density at radius 1 is 1.11 bits per heavy atom. The molecule has 2 aromatic carbocycles. The van der Waals surface area contributed by atoms with E-state index in [0.717, 1.165) is 31.6 Å². The first kappa shape index (κ1) is 18.2. The monoisotopic (exact) mass is 377 g/mol. The Balaban J connectivity index is 1.52. The summed E-state index contributed by atoms with van der Waals surface area (Å²) in [5.74, 6) is 0.990. The molecule has 1 fully saturated rings. The second-order valence-electron chi connectivity index (χ2n) is 6.81. The van der Waals surface area contributed by atoms with Gasteiger partial charge in [0.15, 0.2) is 11.4 Å². The van der Waals surface area contributed by atoms with Crippen LogP contribution in [0.5, 0.6) is 11.5 Å². The standard InChI is InChI=1S/C21H23N5O2/c1-15-20(24-25-26(15)16-11-13-22-14-12-16)21(27)23-18-9-5-6-10-19(18)28-17-7-3-2-4-8-17/h2-10,16,22H,11-14H2,1H3,(H,23,27). The molecular formula is C21H23N5O2. The van der Waals surface area contributed by atoms with Crippen molar-refractivity contribution >= 4 is 11.6 Å². The molecule has 1 aliphatic heterocycles. The van der Waals surface area contributed by atoms with Crippen molar-refractivity contribution < 1.29 is 9.53 Å². The van der Waals surface area contributed by atoms with Gasteiger partial charge in [-0.05, 0) is 57.1 Å². The van der Waals surface area contributed by atoms with Gasteiger partial charge in [-0.3, -0.25) is 4.79 Å². The van der Waals surface area contributed by atoms with Gasteiger partial charge in [0.2, 0.25) is 0 Å². The number of nitrogens with one attached hydrogen (secondary N) is 2. The zero-order valence-electron chi connectivity index (χ0n) is 15.8. The van der Waals surface area contributed by atoms with Crippen molar-refractivity contribution in [3.63, 3.8) is 0 Å². The summed E-state index contributed by atoms with van der Waals surface area (Å²) in [7, 11) is 0. The average molecular weight is 377 g/mol. The van der Waals surface area contributed by atoms with E-state index in [-0.39, 0.29) is 11.9 Å². The zero-order chi connectivity index (χ0) is 19.3. The highest BCUT2D eigenvalue weighted by Gasteiger charge is 2.23. The first-order valence-corrected chi connectivity index (χ1v) is 9.48. The highest BCUT2D eigenvalue weighted by molar-refractivity contribution is 6.04. The fourth-order valence-corrected chi connectivity index (χ4v) is 3.40. The van der Waals surface area contributed by atoms with Crippen molar-refractivity contribution in [2.75, 3.05) is 18.4 Å². The zero-order valence-corrected chi connectivity index (χ0v) is 15.8. The topological polar surface area (TPSA) is 81.1 Å². The lowest BCUT2D eigenvalue weighted by atomic mass is 10.1. The molecule has 4 rings (SSSR count). The van der Waals surface area contributed by atoms with Crippen LogP contribution in [0.1, 0.15) is 35.1 Å². The summed E-state index contributed by atoms with van der Waals surface area (Å²) >= 11 is 0. The lowest BCUT2D eigenvalue weighted by Crippen LogP contribution is -2.30. The fourth-order valence-electron chi connectivity index (χ4n) is 3.40. The van der Waals surface area contributed by atoms with E-state index < -0.39 is 0 Å². The number of nitrogens with zero attached hydrogens (tertiary/aromatic N) is 3. The number of anilines is 1. The third-order valence-corrected chi connectivity index (χ3v) is 4.90. The minimum atomic E-state index is -0.290. The molecule has 2 N–H and O–H groups in total. The molecule has 2 heterocycles. The van der Waals surface area contributed by atoms with E-state index in [2.05, 4.69) is 20.9 Å². The number of para-hydroxylation sites is 3. The van der Waals surface area contributed by atoms with Gasteiger partial charge < -0.3 is 15.4 Å². The first-order chi connectivity index (χ1) is 13.7. The molecule has 0 saturated carbocycles. The maximum Gasteiger partial charge on any atom is 0.278 e. The molecule has 7 nitrogen and oxygen atoms in total. The summed E-state index contributed by atoms with van der Waals surface area (Å²) < 4.78 is 7.79. The van der Waals surface area contributed by atoms with Gasteiger partial charge in [-0.25, -0.2) is 4.68 Å². The van der Waals surface area contributed by atoms with Crippen LogP contribution in [-0.2, 0) is 0 Å². The van der Waals surface area contributed by atoms with Crippen LogP contribution in [0.15, 0.2) is 54.6 Å². The maximum atomic E-state index is 12.8. The second kappa shape index (κ2) is 8.22. The van der Waals surface area contributed by atoms with E-state index >= 15 is 0 Å². The van der Waals surface area contributed by atoms with E-state index in [4.69, 9.17) is 4.74 Å². The van der Waals surface area contributed by atoms with Crippen molar-refractivity contribution in [3.05, 3.63) is 66.0 Å². The van der Waals surface area contributed by atoms with Crippen LogP contribution in [0.25, 0.3) is 0 Å². The summed E-state index contributed by atoms with van der Waals surface area (Å²) in [4.78, 5) is 12.8. The van der Waals surface area contributed by atoms with Crippen molar-refractivity contribution in [2.45, 2.75) is 25.8 Å². The normalized spacial score (nSPS) is 14.6. The molecule has 0 atom stereocenters. The van der Waals surface area contributed by atoms with Gasteiger partial charge >= 0.3 is 0 Å². The Labute approximate surface area is 163 Å². The Hall–Kier alpha value is -3.19. The van der Waals surface area contributed by atoms with Crippen LogP contribution in [0.3, 0.4) is 0 Å². The minimum Gasteiger partial charge on any atom is -0.455 e. The number of hydrogen-bond donors (Lipinski definition) is 2. The number of benzene rings is 2. The molecule has 0 radical (unpaired) electrons. The summed E-state index contributed by atoms with van der Waals surface area (Å²) in [5, 5.41) is 14.6. The van der Waals surface area contributed by atoms with Crippen LogP contribution in [0.4, 0.5) is 5.69 Å². The Bertz CT molecular complexity index is 948. The van der Waals surface area contributed by atoms with Gasteiger partial charge in [-0.2, -0.15) is 0 Å². The minimum absolute atomic E-state index is 0.281. The Morgan fingerprint density at radius 2 is 1.82 bits per heavy atom. The van der Waals surface area contributed by atoms with Gasteiger partial charge in [0.05, 0.1) is 17.4 Å². The maximum absolute atomic E-state index is 12.8. The predicted octanol–water partition coefficient (Wildman–Crippen LogP) is 3.56. The molecule has 144 valence electrons. The number of piperidine rings is 1. The number of carbonyl (C=O) groups is 1. The van der Waals surface area contributed by atoms with Crippen LogP contribution >= 0.6 is 0 Å². The van der Waals surface area contributed by atoms with Crippen molar-refractivity contribution in [2.24, 2.45) is 0 Å². The molecule has 1 aromatic heterocycles. The van der Waals surface area contributed by atoms with Crippen LogP contribution in [-0.4, -0.2) is 34.0 Å². The summed E-state index contributed by atoms with van der Waals surface area (Å²) in [6.07, 6.45) is 1.97. The number of hydrogen-bond acceptors (Lipinski definition) is 5. The lowest BCUT2D eigenvalue weighted by Gasteiger charge is -2.23. The Kier molecular flexibility index (Phi) is 5.34. The van der Waals surface area contributed by atoms with E-state index in [0.29, 0.717) is 22.9 Å². The number of amides is 1. The quantitative estimate of drug-likeness (QED) is 0.711. The van der Waals surface area contributed by atoms with E-state index in [9.17, 15) is 4.79 Å². The highest BCUT2D eigenvalue weighted by atomic mass is 16.5. The van der Waals surface area contributed by atoms with Gasteiger partial charge in [-0.15, -0.1) is 5.10 Å². The molecular weight excluding hydrogens is 354 g/mol. The van der Waals surface area contributed by atoms with Crippen LogP contribution in [0.2, 0.25) is 0 Å². The molecule has 3 aromatic rings. The molecule has 1 amide bonds. The largest absolute Gasteiger partial charge is 0.455 e. The molecule has 0 spiro atoms. The third-order valence-electron chi connectivity index (χ3n) is 4.90. The van der Waals surface area contributed by atoms with E-state index in [1.165, 1.54) is 0 Å². The predicted molar refractivity (Wildman–Crippen MR) is 107 cm³/mol. The fraction of sp³-hybridized carbons (Fsp3) is 0.286. The SMILES string of the molecule is Cc1c(C(=O)Nc2ccccc2Oc2ccccc2)nnn1C1CCNCC1. The number of carbonyl (C=O) groups excluding carboxylic acids is 1. The first-order valence-electron chi connectivity index (χ1n) is 9.48. The van der Waals surface area contributed by atoms with Crippen LogP contribution < -0.4 is 15.4 Å². The van der Waals surface area contributed by atoms with Gasteiger partial charge in [0.1, 0.15) is 5.75 Å². The van der Waals surface area contributed by atoms with E-state index in [1.54, 1.807) is 0 Å². The second-order valence-corrected chi connectivity index (χ2v) is 6.81. The highest BCUT2D eigenvalue weighted by Crippen LogP contribution is 2.29. The summed E-state index contributed by atoms with van der Waals surface area (Å²) in [5.41, 5.74) is 1.71. The van der Waals surface area contributed by atoms with Crippen molar-refractivity contribution in [1.29, 1.82) is 0 Å². The van der Waals surface area contributed by atoms with Crippen molar-refractivity contribution in [3.8, 4) is 11.5 Å². The Morgan fingerprint density at radius 3 is 2.61 bits per heavy atom. The third kappa shape index (κ3) is 3.89.